The molecule has 7 heteroatoms. The monoisotopic (exact) mass is 396 g/mol. The molecule has 6 nitrogen and oxygen atoms in total. The van der Waals surface area contributed by atoms with Crippen LogP contribution in [0.5, 0.6) is 5.75 Å². The van der Waals surface area contributed by atoms with E-state index in [0.717, 1.165) is 29.0 Å². The Morgan fingerprint density at radius 1 is 1.21 bits per heavy atom. The van der Waals surface area contributed by atoms with Gasteiger partial charge in [-0.05, 0) is 48.2 Å². The van der Waals surface area contributed by atoms with Crippen molar-refractivity contribution in [1.82, 2.24) is 15.2 Å². The number of methoxy groups -OCH3 is 1. The highest BCUT2D eigenvalue weighted by Gasteiger charge is 2.13. The zero-order chi connectivity index (χ0) is 19.9. The predicted octanol–water partition coefficient (Wildman–Crippen LogP) is 4.72. The van der Waals surface area contributed by atoms with Gasteiger partial charge >= 0.3 is 0 Å². The van der Waals surface area contributed by atoms with Crippen molar-refractivity contribution in [3.63, 3.8) is 0 Å². The molecule has 1 aromatic heterocycles. The lowest BCUT2D eigenvalue weighted by Gasteiger charge is -2.15. The molecule has 1 atom stereocenters. The van der Waals surface area contributed by atoms with Gasteiger partial charge in [-0.2, -0.15) is 0 Å². The lowest BCUT2D eigenvalue weighted by Crippen LogP contribution is -2.16. The van der Waals surface area contributed by atoms with Gasteiger partial charge in [0, 0.05) is 11.3 Å². The van der Waals surface area contributed by atoms with Crippen LogP contribution in [0.2, 0.25) is 0 Å². The number of hydrogen-bond acceptors (Lipinski definition) is 5. The molecule has 0 aliphatic rings. The van der Waals surface area contributed by atoms with Gasteiger partial charge in [-0.15, -0.1) is 5.10 Å². The first-order valence-corrected chi connectivity index (χ1v) is 10.2. The Morgan fingerprint density at radius 2 is 1.96 bits per heavy atom. The highest BCUT2D eigenvalue weighted by atomic mass is 32.2. The number of para-hydroxylation sites is 1. The summed E-state index contributed by atoms with van der Waals surface area (Å²) in [5.74, 6) is 2.01. The lowest BCUT2D eigenvalue weighted by molar-refractivity contribution is -0.113. The highest BCUT2D eigenvalue weighted by molar-refractivity contribution is 7.99. The standard InChI is InChI=1S/C21H24N4O2S/c1-4-14(2)17-7-5-6-8-18(17)22-19(26)13-28-21-23-20(24-25-21)15-9-11-16(27-3)12-10-15/h5-12,14H,4,13H2,1-3H3,(H,22,26)(H,23,24,25)/t14-/m0/s1. The molecule has 2 aromatic carbocycles. The number of carbonyl (C=O) groups is 1. The minimum Gasteiger partial charge on any atom is -0.497 e. The minimum atomic E-state index is -0.0726. The van der Waals surface area contributed by atoms with Crippen LogP contribution >= 0.6 is 11.8 Å². The van der Waals surface area contributed by atoms with Crippen molar-refractivity contribution in [1.29, 1.82) is 0 Å². The number of ether oxygens (including phenoxy) is 1. The smallest absolute Gasteiger partial charge is 0.234 e. The van der Waals surface area contributed by atoms with Crippen molar-refractivity contribution in [2.24, 2.45) is 0 Å². The molecule has 3 aromatic rings. The molecule has 0 fully saturated rings. The number of H-pyrrole nitrogens is 1. The number of nitrogens with one attached hydrogen (secondary N) is 2. The first kappa shape index (κ1) is 19.9. The van der Waals surface area contributed by atoms with Gasteiger partial charge in [0.15, 0.2) is 5.82 Å². The maximum Gasteiger partial charge on any atom is 0.234 e. The fourth-order valence-electron chi connectivity index (χ4n) is 2.77. The molecule has 0 bridgehead atoms. The van der Waals surface area contributed by atoms with Crippen LogP contribution in [0.3, 0.4) is 0 Å². The summed E-state index contributed by atoms with van der Waals surface area (Å²) in [4.78, 5) is 16.8. The first-order valence-electron chi connectivity index (χ1n) is 9.19. The molecule has 1 heterocycles. The number of aromatic nitrogens is 3. The van der Waals surface area contributed by atoms with Crippen molar-refractivity contribution in [2.45, 2.75) is 31.3 Å². The Morgan fingerprint density at radius 3 is 2.68 bits per heavy atom. The third-order valence-corrected chi connectivity index (χ3v) is 5.39. The van der Waals surface area contributed by atoms with Gasteiger partial charge in [0.1, 0.15) is 5.75 Å². The summed E-state index contributed by atoms with van der Waals surface area (Å²) in [6, 6.07) is 15.5. The average molecular weight is 397 g/mol. The molecule has 28 heavy (non-hydrogen) atoms. The van der Waals surface area contributed by atoms with Crippen molar-refractivity contribution < 1.29 is 9.53 Å². The van der Waals surface area contributed by atoms with E-state index < -0.39 is 0 Å². The van der Waals surface area contributed by atoms with Gasteiger partial charge in [-0.3, -0.25) is 9.89 Å². The second-order valence-corrected chi connectivity index (χ2v) is 7.37. The molecule has 0 saturated carbocycles. The van der Waals surface area contributed by atoms with Gasteiger partial charge < -0.3 is 10.1 Å². The van der Waals surface area contributed by atoms with Crippen molar-refractivity contribution in [2.75, 3.05) is 18.2 Å². The van der Waals surface area contributed by atoms with Gasteiger partial charge in [0.05, 0.1) is 12.9 Å². The Kier molecular flexibility index (Phi) is 6.71. The molecule has 0 saturated heterocycles. The van der Waals surface area contributed by atoms with E-state index in [1.807, 2.05) is 42.5 Å². The van der Waals surface area contributed by atoms with E-state index in [1.165, 1.54) is 11.8 Å². The molecule has 0 aliphatic carbocycles. The van der Waals surface area contributed by atoms with Crippen molar-refractivity contribution >= 4 is 23.4 Å². The van der Waals surface area contributed by atoms with E-state index in [-0.39, 0.29) is 11.7 Å². The van der Waals surface area contributed by atoms with Gasteiger partial charge in [0.25, 0.3) is 0 Å². The summed E-state index contributed by atoms with van der Waals surface area (Å²) in [6.07, 6.45) is 1.02. The Labute approximate surface area is 169 Å². The van der Waals surface area contributed by atoms with Crippen molar-refractivity contribution in [3.8, 4) is 17.1 Å². The van der Waals surface area contributed by atoms with E-state index in [2.05, 4.69) is 40.4 Å². The second-order valence-electron chi connectivity index (χ2n) is 6.43. The number of hydrogen-bond donors (Lipinski definition) is 2. The fraction of sp³-hybridized carbons (Fsp3) is 0.286. The number of rotatable bonds is 8. The molecular weight excluding hydrogens is 372 g/mol. The van der Waals surface area contributed by atoms with Crippen LogP contribution in [-0.2, 0) is 4.79 Å². The molecule has 0 radical (unpaired) electrons. The number of nitrogens with zero attached hydrogens (tertiary/aromatic N) is 2. The predicted molar refractivity (Wildman–Crippen MR) is 113 cm³/mol. The summed E-state index contributed by atoms with van der Waals surface area (Å²) >= 11 is 1.30. The highest BCUT2D eigenvalue weighted by Crippen LogP contribution is 2.27. The van der Waals surface area contributed by atoms with E-state index in [0.29, 0.717) is 16.9 Å². The molecule has 1 amide bonds. The maximum atomic E-state index is 12.4. The molecule has 146 valence electrons. The number of anilines is 1. The summed E-state index contributed by atoms with van der Waals surface area (Å²) in [6.45, 7) is 4.30. The first-order chi connectivity index (χ1) is 13.6. The number of carbonyl (C=O) groups excluding carboxylic acids is 1. The number of amides is 1. The fourth-order valence-corrected chi connectivity index (χ4v) is 3.36. The normalized spacial score (nSPS) is 11.8. The van der Waals surface area contributed by atoms with Crippen LogP contribution in [0.4, 0.5) is 5.69 Å². The molecule has 3 rings (SSSR count). The van der Waals surface area contributed by atoms with Crippen LogP contribution in [0.1, 0.15) is 31.7 Å². The Bertz CT molecular complexity index is 924. The van der Waals surface area contributed by atoms with Crippen LogP contribution < -0.4 is 10.1 Å². The summed E-state index contributed by atoms with van der Waals surface area (Å²) in [5, 5.41) is 10.6. The zero-order valence-electron chi connectivity index (χ0n) is 16.2. The van der Waals surface area contributed by atoms with Crippen LogP contribution in [-0.4, -0.2) is 34.0 Å². The number of aromatic amines is 1. The molecular formula is C21H24N4O2S. The third-order valence-electron chi connectivity index (χ3n) is 4.54. The van der Waals surface area contributed by atoms with E-state index in [4.69, 9.17) is 4.74 Å². The van der Waals surface area contributed by atoms with Crippen LogP contribution in [0.25, 0.3) is 11.4 Å². The number of benzene rings is 2. The summed E-state index contributed by atoms with van der Waals surface area (Å²) < 4.78 is 5.16. The summed E-state index contributed by atoms with van der Waals surface area (Å²) in [5.41, 5.74) is 2.94. The van der Waals surface area contributed by atoms with E-state index >= 15 is 0 Å². The van der Waals surface area contributed by atoms with Gasteiger partial charge in [-0.1, -0.05) is 43.8 Å². The molecule has 0 aliphatic heterocycles. The van der Waals surface area contributed by atoms with Gasteiger partial charge in [-0.25, -0.2) is 4.98 Å². The quantitative estimate of drug-likeness (QED) is 0.538. The average Bonchev–Trinajstić information content (AvgIpc) is 3.21. The Hall–Kier alpha value is -2.80. The SMILES string of the molecule is CC[C@H](C)c1ccccc1NC(=O)CSc1n[nH]c(-c2ccc(OC)cc2)n1. The maximum absolute atomic E-state index is 12.4. The molecule has 2 N–H and O–H groups in total. The third kappa shape index (κ3) is 4.92. The summed E-state index contributed by atoms with van der Waals surface area (Å²) in [7, 11) is 1.63. The van der Waals surface area contributed by atoms with E-state index in [9.17, 15) is 4.79 Å². The second kappa shape index (κ2) is 9.41. The Balaban J connectivity index is 1.59. The topological polar surface area (TPSA) is 79.9 Å². The lowest BCUT2D eigenvalue weighted by atomic mass is 9.97. The van der Waals surface area contributed by atoms with Crippen LogP contribution in [0, 0.1) is 0 Å². The van der Waals surface area contributed by atoms with Crippen LogP contribution in [0.15, 0.2) is 53.7 Å². The molecule has 0 spiro atoms. The zero-order valence-corrected chi connectivity index (χ0v) is 17.0. The largest absolute Gasteiger partial charge is 0.497 e. The minimum absolute atomic E-state index is 0.0726. The van der Waals surface area contributed by atoms with Gasteiger partial charge in [0.2, 0.25) is 11.1 Å². The molecule has 0 unspecified atom stereocenters. The van der Waals surface area contributed by atoms with Crippen molar-refractivity contribution in [3.05, 3.63) is 54.1 Å². The van der Waals surface area contributed by atoms with E-state index in [1.54, 1.807) is 7.11 Å². The number of thioether (sulfide) groups is 1.